The summed E-state index contributed by atoms with van der Waals surface area (Å²) in [6, 6.07) is 10.7. The van der Waals surface area contributed by atoms with Gasteiger partial charge in [-0.05, 0) is 62.1 Å². The fourth-order valence-electron chi connectivity index (χ4n) is 3.28. The predicted molar refractivity (Wildman–Crippen MR) is 122 cm³/mol. The topological polar surface area (TPSA) is 58.2 Å². The van der Waals surface area contributed by atoms with Crippen molar-refractivity contribution >= 4 is 46.4 Å². The number of benzene rings is 2. The highest BCUT2D eigenvalue weighted by Crippen LogP contribution is 2.35. The van der Waals surface area contributed by atoms with Crippen LogP contribution in [-0.2, 0) is 9.59 Å². The van der Waals surface area contributed by atoms with E-state index in [-0.39, 0.29) is 11.8 Å². The number of nitrogens with one attached hydrogen (secondary N) is 2. The summed E-state index contributed by atoms with van der Waals surface area (Å²) < 4.78 is 0. The number of halogens is 2. The highest BCUT2D eigenvalue weighted by atomic mass is 35.5. The fourth-order valence-corrected chi connectivity index (χ4v) is 3.63. The van der Waals surface area contributed by atoms with Gasteiger partial charge >= 0.3 is 0 Å². The van der Waals surface area contributed by atoms with E-state index in [1.165, 1.54) is 0 Å². The molecule has 0 radical (unpaired) electrons. The van der Waals surface area contributed by atoms with Gasteiger partial charge in [0.2, 0.25) is 11.8 Å². The zero-order chi connectivity index (χ0) is 21.6. The van der Waals surface area contributed by atoms with E-state index < -0.39 is 5.41 Å². The molecule has 4 nitrogen and oxygen atoms in total. The van der Waals surface area contributed by atoms with Crippen molar-refractivity contribution in [2.45, 2.75) is 53.4 Å². The van der Waals surface area contributed by atoms with Crippen LogP contribution in [0.25, 0.3) is 0 Å². The van der Waals surface area contributed by atoms with E-state index in [0.29, 0.717) is 34.3 Å². The zero-order valence-corrected chi connectivity index (χ0v) is 18.9. The second-order valence-electron chi connectivity index (χ2n) is 7.27. The smallest absolute Gasteiger partial charge is 0.240 e. The molecule has 2 aromatic carbocycles. The van der Waals surface area contributed by atoms with Crippen LogP contribution < -0.4 is 10.6 Å². The SMILES string of the molecule is CCCCC(CC)(C(=O)Nc1cccc(Cl)c1C)C(=O)Nc1cccc(Cl)c1C. The average Bonchev–Trinajstić information content (AvgIpc) is 2.70. The maximum absolute atomic E-state index is 13.4. The molecule has 6 heteroatoms. The summed E-state index contributed by atoms with van der Waals surface area (Å²) in [4.78, 5) is 26.8. The number of hydrogen-bond acceptors (Lipinski definition) is 2. The second kappa shape index (κ2) is 10.1. The third-order valence-corrected chi connectivity index (χ3v) is 6.28. The molecule has 0 heterocycles. The molecule has 2 aromatic rings. The average molecular weight is 435 g/mol. The third-order valence-electron chi connectivity index (χ3n) is 5.46. The third kappa shape index (κ3) is 5.12. The molecular weight excluding hydrogens is 407 g/mol. The molecule has 0 atom stereocenters. The van der Waals surface area contributed by atoms with Crippen molar-refractivity contribution in [1.29, 1.82) is 0 Å². The summed E-state index contributed by atoms with van der Waals surface area (Å²) in [7, 11) is 0. The summed E-state index contributed by atoms with van der Waals surface area (Å²) in [5.41, 5.74) is 1.58. The number of carbonyl (C=O) groups is 2. The molecule has 0 aromatic heterocycles. The standard InChI is InChI=1S/C23H28Cl2N2O2/c1-5-7-14-23(6-2,21(28)26-19-12-8-10-17(24)15(19)3)22(29)27-20-13-9-11-18(25)16(20)4/h8-13H,5-7,14H2,1-4H3,(H,26,28)(H,27,29). The molecule has 2 rings (SSSR count). The highest BCUT2D eigenvalue weighted by Gasteiger charge is 2.44. The number of hydrogen-bond donors (Lipinski definition) is 2. The van der Waals surface area contributed by atoms with Gasteiger partial charge in [-0.25, -0.2) is 0 Å². The largest absolute Gasteiger partial charge is 0.325 e. The molecule has 2 N–H and O–H groups in total. The van der Waals surface area contributed by atoms with Crippen molar-refractivity contribution < 1.29 is 9.59 Å². The normalized spacial score (nSPS) is 11.2. The number of rotatable bonds is 8. The van der Waals surface area contributed by atoms with Crippen molar-refractivity contribution in [1.82, 2.24) is 0 Å². The Kier molecular flexibility index (Phi) is 8.12. The molecule has 0 bridgehead atoms. The van der Waals surface area contributed by atoms with Gasteiger partial charge in [-0.15, -0.1) is 0 Å². The van der Waals surface area contributed by atoms with Crippen LogP contribution in [0.3, 0.4) is 0 Å². The van der Waals surface area contributed by atoms with Gasteiger partial charge in [0.25, 0.3) is 0 Å². The zero-order valence-electron chi connectivity index (χ0n) is 17.4. The van der Waals surface area contributed by atoms with E-state index in [2.05, 4.69) is 10.6 Å². The van der Waals surface area contributed by atoms with Crippen molar-refractivity contribution in [2.24, 2.45) is 5.41 Å². The lowest BCUT2D eigenvalue weighted by atomic mass is 9.78. The van der Waals surface area contributed by atoms with Gasteiger partial charge < -0.3 is 10.6 Å². The molecule has 0 unspecified atom stereocenters. The molecule has 156 valence electrons. The van der Waals surface area contributed by atoms with Crippen LogP contribution in [0.2, 0.25) is 10.0 Å². The van der Waals surface area contributed by atoms with Crippen LogP contribution in [0.5, 0.6) is 0 Å². The number of amides is 2. The lowest BCUT2D eigenvalue weighted by Crippen LogP contribution is -2.46. The van der Waals surface area contributed by atoms with E-state index >= 15 is 0 Å². The summed E-state index contributed by atoms with van der Waals surface area (Å²) in [6.45, 7) is 7.59. The van der Waals surface area contributed by atoms with Crippen molar-refractivity contribution in [3.05, 3.63) is 57.6 Å². The van der Waals surface area contributed by atoms with Crippen LogP contribution in [-0.4, -0.2) is 11.8 Å². The monoisotopic (exact) mass is 434 g/mol. The van der Waals surface area contributed by atoms with Crippen LogP contribution in [0, 0.1) is 19.3 Å². The highest BCUT2D eigenvalue weighted by molar-refractivity contribution is 6.32. The summed E-state index contributed by atoms with van der Waals surface area (Å²) >= 11 is 12.4. The van der Waals surface area contributed by atoms with E-state index in [9.17, 15) is 9.59 Å². The first-order valence-electron chi connectivity index (χ1n) is 9.90. The van der Waals surface area contributed by atoms with Crippen LogP contribution in [0.1, 0.15) is 50.7 Å². The first-order valence-corrected chi connectivity index (χ1v) is 10.7. The van der Waals surface area contributed by atoms with Crippen LogP contribution in [0.15, 0.2) is 36.4 Å². The Hall–Kier alpha value is -2.04. The van der Waals surface area contributed by atoms with Gasteiger partial charge in [0.15, 0.2) is 0 Å². The Morgan fingerprint density at radius 3 is 1.69 bits per heavy atom. The van der Waals surface area contributed by atoms with E-state index in [4.69, 9.17) is 23.2 Å². The molecular formula is C23H28Cl2N2O2. The summed E-state index contributed by atoms with van der Waals surface area (Å²) in [5, 5.41) is 7.00. The Bertz CT molecular complexity index is 831. The molecule has 0 aliphatic rings. The molecule has 0 saturated heterocycles. The minimum atomic E-state index is -1.19. The Morgan fingerprint density at radius 2 is 1.31 bits per heavy atom. The Morgan fingerprint density at radius 1 is 0.862 bits per heavy atom. The first kappa shape index (κ1) is 23.2. The fraction of sp³-hybridized carbons (Fsp3) is 0.391. The molecule has 0 spiro atoms. The maximum Gasteiger partial charge on any atom is 0.240 e. The van der Waals surface area contributed by atoms with Crippen molar-refractivity contribution in [3.63, 3.8) is 0 Å². The minimum absolute atomic E-state index is 0.323. The second-order valence-corrected chi connectivity index (χ2v) is 8.09. The van der Waals surface area contributed by atoms with Crippen LogP contribution in [0.4, 0.5) is 11.4 Å². The minimum Gasteiger partial charge on any atom is -0.325 e. The summed E-state index contributed by atoms with van der Waals surface area (Å²) in [5.74, 6) is -0.646. The molecule has 29 heavy (non-hydrogen) atoms. The first-order chi connectivity index (χ1) is 13.8. The number of unbranched alkanes of at least 4 members (excludes halogenated alkanes) is 1. The molecule has 0 saturated carbocycles. The Balaban J connectivity index is 2.38. The van der Waals surface area contributed by atoms with Gasteiger partial charge in [-0.2, -0.15) is 0 Å². The van der Waals surface area contributed by atoms with E-state index in [1.54, 1.807) is 36.4 Å². The Labute approximate surface area is 183 Å². The van der Waals surface area contributed by atoms with E-state index in [0.717, 1.165) is 24.0 Å². The lowest BCUT2D eigenvalue weighted by molar-refractivity contribution is -0.138. The quantitative estimate of drug-likeness (QED) is 0.450. The van der Waals surface area contributed by atoms with Gasteiger partial charge in [0.05, 0.1) is 0 Å². The van der Waals surface area contributed by atoms with Gasteiger partial charge in [0.1, 0.15) is 5.41 Å². The van der Waals surface area contributed by atoms with Crippen molar-refractivity contribution in [2.75, 3.05) is 10.6 Å². The van der Waals surface area contributed by atoms with Gasteiger partial charge in [0, 0.05) is 21.4 Å². The summed E-state index contributed by atoms with van der Waals surface area (Å²) in [6.07, 6.45) is 2.48. The molecule has 2 amide bonds. The maximum atomic E-state index is 13.4. The van der Waals surface area contributed by atoms with Gasteiger partial charge in [-0.1, -0.05) is 62.0 Å². The molecule has 0 aliphatic heterocycles. The van der Waals surface area contributed by atoms with E-state index in [1.807, 2.05) is 27.7 Å². The number of carbonyl (C=O) groups excluding carboxylic acids is 2. The number of anilines is 2. The predicted octanol–water partition coefficient (Wildman–Crippen LogP) is 6.77. The van der Waals surface area contributed by atoms with Crippen LogP contribution >= 0.6 is 23.2 Å². The van der Waals surface area contributed by atoms with Crippen molar-refractivity contribution in [3.8, 4) is 0 Å². The molecule has 0 fully saturated rings. The van der Waals surface area contributed by atoms with Gasteiger partial charge in [-0.3, -0.25) is 9.59 Å². The lowest BCUT2D eigenvalue weighted by Gasteiger charge is -2.31. The molecule has 0 aliphatic carbocycles.